The number of nitrogens with two attached hydrogens (primary N) is 1. The van der Waals surface area contributed by atoms with Gasteiger partial charge in [0, 0.05) is 19.2 Å². The minimum absolute atomic E-state index is 0.215. The number of hydrogen-bond acceptors (Lipinski definition) is 4. The molecular weight excluding hydrogens is 237 g/mol. The molecule has 0 saturated carbocycles. The molecule has 1 aromatic rings. The van der Waals surface area contributed by atoms with E-state index in [9.17, 15) is 14.5 Å². The SMILES string of the molecule is NCC1CCN(c2ccc([N+](=O)[O-])cc2F)CC1. The highest BCUT2D eigenvalue weighted by Gasteiger charge is 2.21. The lowest BCUT2D eigenvalue weighted by atomic mass is 9.97. The number of halogens is 1. The molecular formula is C12H16FN3O2. The molecule has 0 unspecified atom stereocenters. The molecule has 0 aromatic heterocycles. The van der Waals surface area contributed by atoms with E-state index < -0.39 is 10.7 Å². The second kappa shape index (κ2) is 5.30. The molecule has 0 bridgehead atoms. The van der Waals surface area contributed by atoms with Crippen LogP contribution in [-0.2, 0) is 0 Å². The summed E-state index contributed by atoms with van der Waals surface area (Å²) in [5, 5.41) is 10.5. The maximum atomic E-state index is 13.8. The summed E-state index contributed by atoms with van der Waals surface area (Å²) in [7, 11) is 0. The van der Waals surface area contributed by atoms with Crippen LogP contribution in [0.5, 0.6) is 0 Å². The minimum Gasteiger partial charge on any atom is -0.369 e. The molecule has 0 radical (unpaired) electrons. The average Bonchev–Trinajstić information content (AvgIpc) is 2.38. The van der Waals surface area contributed by atoms with Crippen molar-refractivity contribution >= 4 is 11.4 Å². The van der Waals surface area contributed by atoms with Gasteiger partial charge in [-0.25, -0.2) is 4.39 Å². The molecule has 1 aliphatic heterocycles. The van der Waals surface area contributed by atoms with E-state index in [0.717, 1.165) is 32.0 Å². The molecule has 0 amide bonds. The van der Waals surface area contributed by atoms with Crippen LogP contribution in [0.3, 0.4) is 0 Å². The minimum atomic E-state index is -0.590. The Morgan fingerprint density at radius 1 is 1.44 bits per heavy atom. The molecule has 98 valence electrons. The van der Waals surface area contributed by atoms with Crippen molar-refractivity contribution in [1.29, 1.82) is 0 Å². The van der Waals surface area contributed by atoms with Crippen LogP contribution in [-0.4, -0.2) is 24.6 Å². The van der Waals surface area contributed by atoms with Gasteiger partial charge in [0.25, 0.3) is 5.69 Å². The molecule has 2 rings (SSSR count). The zero-order chi connectivity index (χ0) is 13.1. The maximum Gasteiger partial charge on any atom is 0.272 e. The molecule has 1 fully saturated rings. The third-order valence-electron chi connectivity index (χ3n) is 3.43. The monoisotopic (exact) mass is 253 g/mol. The average molecular weight is 253 g/mol. The van der Waals surface area contributed by atoms with Crippen molar-refractivity contribution in [2.75, 3.05) is 24.5 Å². The van der Waals surface area contributed by atoms with Crippen LogP contribution in [0, 0.1) is 21.8 Å². The summed E-state index contributed by atoms with van der Waals surface area (Å²) in [6.45, 7) is 2.16. The Balaban J connectivity index is 2.12. The number of nitro groups is 1. The third-order valence-corrected chi connectivity index (χ3v) is 3.43. The normalized spacial score (nSPS) is 16.9. The van der Waals surface area contributed by atoms with Crippen LogP contribution in [0.1, 0.15) is 12.8 Å². The number of nitrogens with zero attached hydrogens (tertiary/aromatic N) is 2. The first kappa shape index (κ1) is 12.8. The zero-order valence-electron chi connectivity index (χ0n) is 10.0. The van der Waals surface area contributed by atoms with Crippen molar-refractivity contribution in [3.05, 3.63) is 34.1 Å². The Labute approximate surface area is 105 Å². The molecule has 1 aliphatic rings. The second-order valence-electron chi connectivity index (χ2n) is 4.56. The Kier molecular flexibility index (Phi) is 3.76. The number of benzene rings is 1. The van der Waals surface area contributed by atoms with E-state index in [4.69, 9.17) is 5.73 Å². The molecule has 1 heterocycles. The van der Waals surface area contributed by atoms with Crippen LogP contribution in [0.15, 0.2) is 18.2 Å². The van der Waals surface area contributed by atoms with Crippen molar-refractivity contribution in [2.45, 2.75) is 12.8 Å². The molecule has 6 heteroatoms. The Morgan fingerprint density at radius 2 is 2.11 bits per heavy atom. The molecule has 18 heavy (non-hydrogen) atoms. The first-order valence-electron chi connectivity index (χ1n) is 6.00. The van der Waals surface area contributed by atoms with Gasteiger partial charge in [-0.15, -0.1) is 0 Å². The van der Waals surface area contributed by atoms with Gasteiger partial charge in [-0.3, -0.25) is 10.1 Å². The first-order chi connectivity index (χ1) is 8.61. The zero-order valence-corrected chi connectivity index (χ0v) is 10.0. The van der Waals surface area contributed by atoms with Crippen molar-refractivity contribution < 1.29 is 9.31 Å². The number of piperidine rings is 1. The van der Waals surface area contributed by atoms with Gasteiger partial charge in [-0.05, 0) is 31.4 Å². The summed E-state index contributed by atoms with van der Waals surface area (Å²) in [6.07, 6.45) is 1.87. The summed E-state index contributed by atoms with van der Waals surface area (Å²) in [4.78, 5) is 11.9. The molecule has 0 atom stereocenters. The van der Waals surface area contributed by atoms with Gasteiger partial charge < -0.3 is 10.6 Å². The summed E-state index contributed by atoms with van der Waals surface area (Å²) >= 11 is 0. The van der Waals surface area contributed by atoms with Crippen molar-refractivity contribution in [1.82, 2.24) is 0 Å². The van der Waals surface area contributed by atoms with Crippen LogP contribution < -0.4 is 10.6 Å². The van der Waals surface area contributed by atoms with Crippen LogP contribution in [0.2, 0.25) is 0 Å². The van der Waals surface area contributed by atoms with E-state index in [-0.39, 0.29) is 5.69 Å². The summed E-state index contributed by atoms with van der Waals surface area (Å²) in [5.74, 6) is -0.0299. The van der Waals surface area contributed by atoms with E-state index in [1.807, 2.05) is 4.90 Å². The molecule has 2 N–H and O–H groups in total. The Morgan fingerprint density at radius 3 is 2.61 bits per heavy atom. The van der Waals surface area contributed by atoms with Gasteiger partial charge in [-0.2, -0.15) is 0 Å². The summed E-state index contributed by atoms with van der Waals surface area (Å²) < 4.78 is 13.8. The van der Waals surface area contributed by atoms with E-state index in [0.29, 0.717) is 18.2 Å². The number of rotatable bonds is 3. The highest BCUT2D eigenvalue weighted by molar-refractivity contribution is 5.52. The number of nitro benzene ring substituents is 1. The lowest BCUT2D eigenvalue weighted by Gasteiger charge is -2.33. The predicted octanol–water partition coefficient (Wildman–Crippen LogP) is 1.91. The lowest BCUT2D eigenvalue weighted by Crippen LogP contribution is -2.36. The smallest absolute Gasteiger partial charge is 0.272 e. The number of hydrogen-bond donors (Lipinski definition) is 1. The quantitative estimate of drug-likeness (QED) is 0.659. The fourth-order valence-corrected chi connectivity index (χ4v) is 2.28. The fraction of sp³-hybridized carbons (Fsp3) is 0.500. The number of anilines is 1. The van der Waals surface area contributed by atoms with Crippen molar-refractivity contribution in [3.8, 4) is 0 Å². The fourth-order valence-electron chi connectivity index (χ4n) is 2.28. The maximum absolute atomic E-state index is 13.8. The van der Waals surface area contributed by atoms with E-state index in [1.54, 1.807) is 0 Å². The van der Waals surface area contributed by atoms with Gasteiger partial charge >= 0.3 is 0 Å². The van der Waals surface area contributed by atoms with Gasteiger partial charge in [0.15, 0.2) is 5.82 Å². The lowest BCUT2D eigenvalue weighted by molar-refractivity contribution is -0.385. The first-order valence-corrected chi connectivity index (χ1v) is 6.00. The molecule has 0 spiro atoms. The molecule has 1 saturated heterocycles. The van der Waals surface area contributed by atoms with Crippen molar-refractivity contribution in [2.24, 2.45) is 11.7 Å². The van der Waals surface area contributed by atoms with E-state index >= 15 is 0 Å². The topological polar surface area (TPSA) is 72.4 Å². The van der Waals surface area contributed by atoms with Gasteiger partial charge in [0.05, 0.1) is 16.7 Å². The highest BCUT2D eigenvalue weighted by Crippen LogP contribution is 2.27. The number of non-ortho nitro benzene ring substituents is 1. The van der Waals surface area contributed by atoms with Crippen LogP contribution in [0.25, 0.3) is 0 Å². The van der Waals surface area contributed by atoms with Crippen LogP contribution in [0.4, 0.5) is 15.8 Å². The van der Waals surface area contributed by atoms with Gasteiger partial charge in [0.2, 0.25) is 0 Å². The summed E-state index contributed by atoms with van der Waals surface area (Å²) in [6, 6.07) is 3.80. The second-order valence-corrected chi connectivity index (χ2v) is 4.56. The Bertz CT molecular complexity index is 445. The van der Waals surface area contributed by atoms with Gasteiger partial charge in [-0.1, -0.05) is 0 Å². The molecule has 1 aromatic carbocycles. The third kappa shape index (κ3) is 2.59. The molecule has 5 nitrogen and oxygen atoms in total. The Hall–Kier alpha value is -1.69. The molecule has 0 aliphatic carbocycles. The standard InChI is InChI=1S/C12H16FN3O2/c13-11-7-10(16(17)18)1-2-12(11)15-5-3-9(8-14)4-6-15/h1-2,7,9H,3-6,8,14H2. The van der Waals surface area contributed by atoms with Crippen molar-refractivity contribution in [3.63, 3.8) is 0 Å². The summed E-state index contributed by atoms with van der Waals surface area (Å²) in [5.41, 5.74) is 5.83. The van der Waals surface area contributed by atoms with E-state index in [2.05, 4.69) is 0 Å². The highest BCUT2D eigenvalue weighted by atomic mass is 19.1. The predicted molar refractivity (Wildman–Crippen MR) is 67.0 cm³/mol. The van der Waals surface area contributed by atoms with Gasteiger partial charge in [0.1, 0.15) is 0 Å². The largest absolute Gasteiger partial charge is 0.369 e. The van der Waals surface area contributed by atoms with E-state index in [1.165, 1.54) is 12.1 Å². The van der Waals surface area contributed by atoms with Crippen LogP contribution >= 0.6 is 0 Å².